The van der Waals surface area contributed by atoms with Gasteiger partial charge in [0.25, 0.3) is 0 Å². The first-order valence-corrected chi connectivity index (χ1v) is 4.62. The average Bonchev–Trinajstić information content (AvgIpc) is 1.85. The Morgan fingerprint density at radius 3 is 2.67 bits per heavy atom. The summed E-state index contributed by atoms with van der Waals surface area (Å²) < 4.78 is 0.576. The third-order valence-corrected chi connectivity index (χ3v) is 2.05. The van der Waals surface area contributed by atoms with Crippen LogP contribution in [0.2, 0.25) is 0 Å². The predicted octanol–water partition coefficient (Wildman–Crippen LogP) is 3.00. The molecular weight excluding hydrogens is 223 g/mol. The minimum Gasteiger partial charge on any atom is -0.106 e. The zero-order chi connectivity index (χ0) is 7.11. The highest BCUT2D eigenvalue weighted by Crippen LogP contribution is 2.08. The molecule has 0 aliphatic rings. The lowest BCUT2D eigenvalue weighted by Gasteiger charge is -1.97. The molecule has 0 bridgehead atoms. The lowest BCUT2D eigenvalue weighted by molar-refractivity contribution is 0.755. The van der Waals surface area contributed by atoms with Gasteiger partial charge in [0, 0.05) is 0 Å². The molecule has 0 rings (SSSR count). The summed E-state index contributed by atoms with van der Waals surface area (Å²) in [4.78, 5) is 0. The summed E-state index contributed by atoms with van der Waals surface area (Å²) in [5.74, 6) is 6.04. The number of halogens is 1. The Morgan fingerprint density at radius 2 is 2.22 bits per heavy atom. The fraction of sp³-hybridized carbons (Fsp3) is 0.750. The number of alkyl halides is 1. The minimum atomic E-state index is 0.576. The third kappa shape index (κ3) is 6.17. The summed E-state index contributed by atoms with van der Waals surface area (Å²) in [6.07, 6.45) is 3.84. The Balaban J connectivity index is 3.23. The van der Waals surface area contributed by atoms with Gasteiger partial charge in [-0.15, -0.1) is 5.92 Å². The maximum atomic E-state index is 3.12. The van der Waals surface area contributed by atoms with Crippen LogP contribution in [0.15, 0.2) is 0 Å². The van der Waals surface area contributed by atoms with Gasteiger partial charge in [-0.3, -0.25) is 0 Å². The molecule has 0 aliphatic heterocycles. The molecule has 0 amide bonds. The van der Waals surface area contributed by atoms with Gasteiger partial charge in [-0.2, -0.15) is 0 Å². The van der Waals surface area contributed by atoms with E-state index < -0.39 is 0 Å². The van der Waals surface area contributed by atoms with Gasteiger partial charge in [-0.05, 0) is 13.3 Å². The monoisotopic (exact) mass is 236 g/mol. The Labute approximate surface area is 71.6 Å². The van der Waals surface area contributed by atoms with Crippen molar-refractivity contribution in [2.24, 2.45) is 0 Å². The van der Waals surface area contributed by atoms with E-state index in [0.29, 0.717) is 3.92 Å². The number of rotatable bonds is 3. The van der Waals surface area contributed by atoms with Crippen LogP contribution in [0, 0.1) is 11.8 Å². The Bertz CT molecular complexity index is 107. The summed E-state index contributed by atoms with van der Waals surface area (Å²) in [5, 5.41) is 0. The topological polar surface area (TPSA) is 0 Å². The molecule has 0 saturated heterocycles. The van der Waals surface area contributed by atoms with Crippen LogP contribution in [0.1, 0.15) is 33.1 Å². The van der Waals surface area contributed by atoms with E-state index in [0.717, 1.165) is 0 Å². The van der Waals surface area contributed by atoms with E-state index in [4.69, 9.17) is 0 Å². The highest BCUT2D eigenvalue weighted by atomic mass is 127. The summed E-state index contributed by atoms with van der Waals surface area (Å²) in [7, 11) is 0. The first kappa shape index (κ1) is 9.29. The second kappa shape index (κ2) is 6.41. The second-order valence-electron chi connectivity index (χ2n) is 2.00. The Morgan fingerprint density at radius 1 is 1.56 bits per heavy atom. The zero-order valence-electron chi connectivity index (χ0n) is 6.08. The average molecular weight is 236 g/mol. The van der Waals surface area contributed by atoms with E-state index in [1.807, 2.05) is 6.92 Å². The molecule has 0 aromatic rings. The molecule has 0 fully saturated rings. The fourth-order valence-corrected chi connectivity index (χ4v) is 1.36. The van der Waals surface area contributed by atoms with E-state index in [1.165, 1.54) is 19.3 Å². The van der Waals surface area contributed by atoms with Crippen molar-refractivity contribution >= 4 is 22.6 Å². The van der Waals surface area contributed by atoms with Gasteiger partial charge in [0.15, 0.2) is 0 Å². The van der Waals surface area contributed by atoms with Gasteiger partial charge in [-0.25, -0.2) is 0 Å². The molecule has 1 unspecified atom stereocenters. The van der Waals surface area contributed by atoms with Crippen LogP contribution in [-0.2, 0) is 0 Å². The van der Waals surface area contributed by atoms with Crippen molar-refractivity contribution in [3.05, 3.63) is 0 Å². The Hall–Kier alpha value is 0.290. The maximum absolute atomic E-state index is 3.12. The first-order chi connectivity index (χ1) is 4.31. The molecule has 1 heteroatoms. The van der Waals surface area contributed by atoms with Crippen molar-refractivity contribution in [3.63, 3.8) is 0 Å². The van der Waals surface area contributed by atoms with Crippen LogP contribution >= 0.6 is 22.6 Å². The van der Waals surface area contributed by atoms with Crippen LogP contribution in [0.25, 0.3) is 0 Å². The minimum absolute atomic E-state index is 0.576. The molecule has 0 aromatic heterocycles. The molecule has 0 radical (unpaired) electrons. The van der Waals surface area contributed by atoms with Crippen molar-refractivity contribution in [3.8, 4) is 11.8 Å². The van der Waals surface area contributed by atoms with Crippen molar-refractivity contribution in [1.82, 2.24) is 0 Å². The summed E-state index contributed by atoms with van der Waals surface area (Å²) in [6, 6.07) is 0. The first-order valence-electron chi connectivity index (χ1n) is 3.37. The van der Waals surface area contributed by atoms with Crippen LogP contribution in [0.3, 0.4) is 0 Å². The van der Waals surface area contributed by atoms with E-state index in [9.17, 15) is 0 Å². The predicted molar refractivity (Wildman–Crippen MR) is 50.8 cm³/mol. The van der Waals surface area contributed by atoms with Gasteiger partial charge >= 0.3 is 0 Å². The lowest BCUT2D eigenvalue weighted by Crippen LogP contribution is -1.91. The van der Waals surface area contributed by atoms with Crippen molar-refractivity contribution in [2.45, 2.75) is 37.0 Å². The van der Waals surface area contributed by atoms with Crippen molar-refractivity contribution < 1.29 is 0 Å². The molecule has 9 heavy (non-hydrogen) atoms. The van der Waals surface area contributed by atoms with E-state index >= 15 is 0 Å². The molecular formula is C8H13I. The molecule has 0 spiro atoms. The lowest BCUT2D eigenvalue weighted by atomic mass is 10.2. The van der Waals surface area contributed by atoms with Crippen LogP contribution in [0.4, 0.5) is 0 Å². The van der Waals surface area contributed by atoms with Gasteiger partial charge in [0.2, 0.25) is 0 Å². The zero-order valence-corrected chi connectivity index (χ0v) is 8.23. The highest BCUT2D eigenvalue weighted by molar-refractivity contribution is 14.1. The number of hydrogen-bond donors (Lipinski definition) is 0. The van der Waals surface area contributed by atoms with E-state index in [2.05, 4.69) is 41.4 Å². The molecule has 0 nitrogen and oxygen atoms in total. The largest absolute Gasteiger partial charge is 0.106 e. The highest BCUT2D eigenvalue weighted by Gasteiger charge is 1.95. The molecule has 0 aliphatic carbocycles. The van der Waals surface area contributed by atoms with Gasteiger partial charge in [0.1, 0.15) is 0 Å². The van der Waals surface area contributed by atoms with E-state index in [-0.39, 0.29) is 0 Å². The van der Waals surface area contributed by atoms with Crippen LogP contribution < -0.4 is 0 Å². The van der Waals surface area contributed by atoms with E-state index in [1.54, 1.807) is 0 Å². The standard InChI is InChI=1S/C8H13I/c1-3-5-7-8(9)6-4-2/h8H,3,5,7H2,1-2H3. The SMILES string of the molecule is CC#CC(I)CCCC. The van der Waals surface area contributed by atoms with Crippen LogP contribution in [0.5, 0.6) is 0 Å². The van der Waals surface area contributed by atoms with Crippen molar-refractivity contribution in [1.29, 1.82) is 0 Å². The second-order valence-corrected chi connectivity index (χ2v) is 3.51. The number of hydrogen-bond acceptors (Lipinski definition) is 0. The molecule has 0 aromatic carbocycles. The number of unbranched alkanes of at least 4 members (excludes halogenated alkanes) is 1. The quantitative estimate of drug-likeness (QED) is 0.401. The van der Waals surface area contributed by atoms with Gasteiger partial charge in [-0.1, -0.05) is 48.3 Å². The summed E-state index contributed by atoms with van der Waals surface area (Å²) in [5.41, 5.74) is 0. The smallest absolute Gasteiger partial charge is 0.0718 e. The fourth-order valence-electron chi connectivity index (χ4n) is 0.612. The normalized spacial score (nSPS) is 11.9. The summed E-state index contributed by atoms with van der Waals surface area (Å²) in [6.45, 7) is 4.11. The van der Waals surface area contributed by atoms with Crippen LogP contribution in [-0.4, -0.2) is 3.92 Å². The molecule has 0 heterocycles. The maximum Gasteiger partial charge on any atom is 0.0718 e. The molecule has 0 saturated carbocycles. The molecule has 52 valence electrons. The third-order valence-electron chi connectivity index (χ3n) is 1.11. The summed E-state index contributed by atoms with van der Waals surface area (Å²) >= 11 is 2.39. The molecule has 0 N–H and O–H groups in total. The molecule has 1 atom stereocenters. The van der Waals surface area contributed by atoms with Crippen molar-refractivity contribution in [2.75, 3.05) is 0 Å². The van der Waals surface area contributed by atoms with Gasteiger partial charge in [0.05, 0.1) is 3.92 Å². The van der Waals surface area contributed by atoms with Gasteiger partial charge < -0.3 is 0 Å². The Kier molecular flexibility index (Phi) is 6.62.